The topological polar surface area (TPSA) is 87.7 Å². The van der Waals surface area contributed by atoms with Gasteiger partial charge in [-0.05, 0) is 19.8 Å². The molecule has 1 unspecified atom stereocenters. The molecule has 1 atom stereocenters. The van der Waals surface area contributed by atoms with Crippen LogP contribution in [0.2, 0.25) is 0 Å². The molecule has 0 N–H and O–H groups in total. The molecule has 2 fully saturated rings. The van der Waals surface area contributed by atoms with Crippen molar-refractivity contribution in [3.8, 4) is 0 Å². The Morgan fingerprint density at radius 3 is 2.38 bits per heavy atom. The Balaban J connectivity index is 1.56. The molecule has 26 heavy (non-hydrogen) atoms. The van der Waals surface area contributed by atoms with Gasteiger partial charge in [-0.3, -0.25) is 24.1 Å². The summed E-state index contributed by atoms with van der Waals surface area (Å²) >= 11 is 2.38. The number of rotatable bonds is 4. The fraction of sp³-hybridized carbons (Fsp3) is 0.588. The Labute approximate surface area is 160 Å². The summed E-state index contributed by atoms with van der Waals surface area (Å²) in [4.78, 5) is 55.7. The number of ketones is 1. The van der Waals surface area contributed by atoms with Gasteiger partial charge in [-0.25, -0.2) is 4.98 Å². The number of Topliss-reactive ketones (excluding diaryl/α,β-unsaturated/α-hetero) is 1. The number of hydrogen-bond acceptors (Lipinski definition) is 7. The van der Waals surface area contributed by atoms with E-state index in [1.54, 1.807) is 11.8 Å². The molecular formula is C17H21N3O4S2. The zero-order chi connectivity index (χ0) is 19.0. The first-order valence-electron chi connectivity index (χ1n) is 8.52. The van der Waals surface area contributed by atoms with Crippen LogP contribution < -0.4 is 0 Å². The van der Waals surface area contributed by atoms with Crippen LogP contribution in [0.25, 0.3) is 0 Å². The van der Waals surface area contributed by atoms with E-state index in [2.05, 4.69) is 4.98 Å². The molecule has 7 nitrogen and oxygen atoms in total. The van der Waals surface area contributed by atoms with Crippen LogP contribution in [0.1, 0.15) is 52.5 Å². The number of thioether (sulfide) groups is 1. The Hall–Kier alpha value is -1.74. The zero-order valence-electron chi connectivity index (χ0n) is 15.0. The number of thiazole rings is 1. The predicted octanol–water partition coefficient (Wildman–Crippen LogP) is 2.44. The molecule has 0 aromatic carbocycles. The summed E-state index contributed by atoms with van der Waals surface area (Å²) in [5.41, 5.74) is 0.779. The Morgan fingerprint density at radius 1 is 1.23 bits per heavy atom. The van der Waals surface area contributed by atoms with Crippen LogP contribution >= 0.6 is 23.1 Å². The lowest BCUT2D eigenvalue weighted by molar-refractivity contribution is -0.135. The van der Waals surface area contributed by atoms with E-state index in [-0.39, 0.29) is 35.2 Å². The van der Waals surface area contributed by atoms with Gasteiger partial charge in [0.1, 0.15) is 5.25 Å². The molecular weight excluding hydrogens is 374 g/mol. The molecule has 0 spiro atoms. The van der Waals surface area contributed by atoms with Crippen molar-refractivity contribution in [2.45, 2.75) is 44.3 Å². The van der Waals surface area contributed by atoms with Crippen LogP contribution in [0, 0.1) is 6.92 Å². The number of carbonyl (C=O) groups is 4. The minimum absolute atomic E-state index is 0.0390. The summed E-state index contributed by atoms with van der Waals surface area (Å²) < 4.78 is 0. The van der Waals surface area contributed by atoms with Crippen molar-refractivity contribution in [2.24, 2.45) is 0 Å². The SMILES string of the molecule is CC(=O)c1sc(C2CCN(C(=O)CC3SC(=O)N(C)C3=O)CC2)nc1C. The first-order chi connectivity index (χ1) is 12.3. The highest BCUT2D eigenvalue weighted by atomic mass is 32.2. The maximum Gasteiger partial charge on any atom is 0.288 e. The van der Waals surface area contributed by atoms with Crippen molar-refractivity contribution in [1.82, 2.24) is 14.8 Å². The molecule has 0 radical (unpaired) electrons. The number of amides is 3. The van der Waals surface area contributed by atoms with E-state index in [4.69, 9.17) is 0 Å². The molecule has 0 bridgehead atoms. The largest absolute Gasteiger partial charge is 0.343 e. The summed E-state index contributed by atoms with van der Waals surface area (Å²) in [6.07, 6.45) is 1.65. The summed E-state index contributed by atoms with van der Waals surface area (Å²) in [5.74, 6) is -0.0847. The summed E-state index contributed by atoms with van der Waals surface area (Å²) in [6.45, 7) is 4.61. The van der Waals surface area contributed by atoms with Crippen molar-refractivity contribution in [3.63, 3.8) is 0 Å². The number of imide groups is 1. The smallest absolute Gasteiger partial charge is 0.288 e. The first-order valence-corrected chi connectivity index (χ1v) is 10.2. The van der Waals surface area contributed by atoms with Gasteiger partial charge in [-0.15, -0.1) is 11.3 Å². The summed E-state index contributed by atoms with van der Waals surface area (Å²) in [7, 11) is 1.44. The molecule has 9 heteroatoms. The summed E-state index contributed by atoms with van der Waals surface area (Å²) in [5, 5.41) is 0.0675. The number of aryl methyl sites for hydroxylation is 1. The van der Waals surface area contributed by atoms with E-state index >= 15 is 0 Å². The molecule has 2 aliphatic heterocycles. The highest BCUT2D eigenvalue weighted by Gasteiger charge is 2.39. The van der Waals surface area contributed by atoms with Crippen LogP contribution in [0.5, 0.6) is 0 Å². The van der Waals surface area contributed by atoms with Crippen LogP contribution in [0.4, 0.5) is 4.79 Å². The van der Waals surface area contributed by atoms with Gasteiger partial charge in [-0.1, -0.05) is 11.8 Å². The third-order valence-electron chi connectivity index (χ3n) is 4.81. The van der Waals surface area contributed by atoms with Gasteiger partial charge < -0.3 is 4.90 Å². The van der Waals surface area contributed by atoms with E-state index < -0.39 is 5.25 Å². The molecule has 3 rings (SSSR count). The minimum Gasteiger partial charge on any atom is -0.343 e. The Kier molecular flexibility index (Phi) is 5.47. The van der Waals surface area contributed by atoms with Crippen molar-refractivity contribution in [1.29, 1.82) is 0 Å². The molecule has 2 aliphatic rings. The number of hydrogen-bond donors (Lipinski definition) is 0. The third-order valence-corrected chi connectivity index (χ3v) is 7.36. The number of carbonyl (C=O) groups excluding carboxylic acids is 4. The maximum absolute atomic E-state index is 12.5. The van der Waals surface area contributed by atoms with Crippen LogP contribution in [0.15, 0.2) is 0 Å². The van der Waals surface area contributed by atoms with Crippen molar-refractivity contribution >= 4 is 45.9 Å². The molecule has 0 saturated carbocycles. The predicted molar refractivity (Wildman–Crippen MR) is 99.6 cm³/mol. The van der Waals surface area contributed by atoms with Gasteiger partial charge in [0.2, 0.25) is 11.8 Å². The first kappa shape index (κ1) is 19.0. The molecule has 2 saturated heterocycles. The molecule has 1 aromatic rings. The van der Waals surface area contributed by atoms with E-state index in [1.165, 1.54) is 18.4 Å². The lowest BCUT2D eigenvalue weighted by atomic mass is 9.97. The second-order valence-corrected chi connectivity index (χ2v) is 8.84. The van der Waals surface area contributed by atoms with E-state index in [0.717, 1.165) is 40.2 Å². The van der Waals surface area contributed by atoms with Crippen molar-refractivity contribution < 1.29 is 19.2 Å². The highest BCUT2D eigenvalue weighted by Crippen LogP contribution is 2.34. The average molecular weight is 396 g/mol. The number of nitrogens with zero attached hydrogens (tertiary/aromatic N) is 3. The second-order valence-electron chi connectivity index (χ2n) is 6.65. The fourth-order valence-electron chi connectivity index (χ4n) is 3.27. The highest BCUT2D eigenvalue weighted by molar-refractivity contribution is 8.15. The molecule has 3 amide bonds. The van der Waals surface area contributed by atoms with Gasteiger partial charge in [0, 0.05) is 39.4 Å². The number of piperidine rings is 1. The van der Waals surface area contributed by atoms with Gasteiger partial charge in [0.05, 0.1) is 15.6 Å². The monoisotopic (exact) mass is 395 g/mol. The lowest BCUT2D eigenvalue weighted by Gasteiger charge is -2.31. The normalized spacial score (nSPS) is 21.6. The Morgan fingerprint density at radius 2 is 1.88 bits per heavy atom. The second kappa shape index (κ2) is 7.48. The number of likely N-dealkylation sites (tertiary alicyclic amines) is 1. The Bertz CT molecular complexity index is 768. The van der Waals surface area contributed by atoms with Gasteiger partial charge >= 0.3 is 0 Å². The average Bonchev–Trinajstić information content (AvgIpc) is 3.11. The standard InChI is InChI=1S/C17H21N3O4S2/c1-9-14(10(2)21)26-15(18-9)11-4-6-20(7-5-11)13(22)8-12-16(23)19(3)17(24)25-12/h11-12H,4-8H2,1-3H3. The van der Waals surface area contributed by atoms with Crippen LogP contribution in [-0.4, -0.2) is 63.0 Å². The van der Waals surface area contributed by atoms with Crippen LogP contribution in [0.3, 0.4) is 0 Å². The van der Waals surface area contributed by atoms with Crippen molar-refractivity contribution in [2.75, 3.05) is 20.1 Å². The van der Waals surface area contributed by atoms with Crippen LogP contribution in [-0.2, 0) is 9.59 Å². The van der Waals surface area contributed by atoms with Crippen molar-refractivity contribution in [3.05, 3.63) is 15.6 Å². The van der Waals surface area contributed by atoms with Gasteiger partial charge in [0.15, 0.2) is 5.78 Å². The third kappa shape index (κ3) is 3.68. The number of aromatic nitrogens is 1. The molecule has 1 aromatic heterocycles. The quantitative estimate of drug-likeness (QED) is 0.728. The molecule has 0 aliphatic carbocycles. The van der Waals surface area contributed by atoms with E-state index in [1.807, 2.05) is 6.92 Å². The fourth-order valence-corrected chi connectivity index (χ4v) is 5.38. The molecule has 3 heterocycles. The van der Waals surface area contributed by atoms with E-state index in [0.29, 0.717) is 18.0 Å². The van der Waals surface area contributed by atoms with E-state index in [9.17, 15) is 19.2 Å². The molecule has 140 valence electrons. The minimum atomic E-state index is -0.600. The lowest BCUT2D eigenvalue weighted by Crippen LogP contribution is -2.40. The maximum atomic E-state index is 12.5. The zero-order valence-corrected chi connectivity index (χ0v) is 16.6. The van der Waals surface area contributed by atoms with Gasteiger partial charge in [-0.2, -0.15) is 0 Å². The van der Waals surface area contributed by atoms with Gasteiger partial charge in [0.25, 0.3) is 5.24 Å². The summed E-state index contributed by atoms with van der Waals surface area (Å²) in [6, 6.07) is 0.